The van der Waals surface area contributed by atoms with Crippen LogP contribution in [0.4, 0.5) is 0 Å². The number of esters is 1. The molecule has 0 saturated carbocycles. The Kier molecular flexibility index (Phi) is 9.24. The Morgan fingerprint density at radius 1 is 1.27 bits per heavy atom. The normalized spacial score (nSPS) is 13.4. The zero-order chi connectivity index (χ0) is 16.2. The zero-order valence-corrected chi connectivity index (χ0v) is 13.9. The molecule has 0 saturated heterocycles. The van der Waals surface area contributed by atoms with Crippen molar-refractivity contribution in [3.05, 3.63) is 48.6 Å². The number of carbonyl (C=O) groups is 1. The van der Waals surface area contributed by atoms with Gasteiger partial charge in [0.05, 0.1) is 0 Å². The number of carbonyl (C=O) groups excluding carboxylic acids is 1. The maximum absolute atomic E-state index is 11.3. The smallest absolute Gasteiger partial charge is 0.331 e. The van der Waals surface area contributed by atoms with E-state index in [-0.39, 0.29) is 12.2 Å². The molecule has 0 spiro atoms. The fourth-order valence-corrected chi connectivity index (χ4v) is 2.55. The summed E-state index contributed by atoms with van der Waals surface area (Å²) in [5, 5.41) is 3.42. The van der Waals surface area contributed by atoms with E-state index in [1.807, 2.05) is 13.0 Å². The molecule has 0 fully saturated rings. The van der Waals surface area contributed by atoms with Crippen LogP contribution in [0.3, 0.4) is 0 Å². The van der Waals surface area contributed by atoms with E-state index in [2.05, 4.69) is 43.1 Å². The number of unbranched alkanes of at least 4 members (excludes halogenated alkanes) is 3. The van der Waals surface area contributed by atoms with Gasteiger partial charge < -0.3 is 4.74 Å². The van der Waals surface area contributed by atoms with E-state index in [1.54, 1.807) is 0 Å². The number of rotatable bonds is 11. The van der Waals surface area contributed by atoms with E-state index in [1.165, 1.54) is 37.3 Å². The lowest BCUT2D eigenvalue weighted by molar-refractivity contribution is -0.143. The zero-order valence-electron chi connectivity index (χ0n) is 13.9. The van der Waals surface area contributed by atoms with E-state index in [0.717, 1.165) is 12.8 Å². The van der Waals surface area contributed by atoms with Gasteiger partial charge in [-0.15, -0.1) is 0 Å². The van der Waals surface area contributed by atoms with E-state index in [4.69, 9.17) is 4.74 Å². The summed E-state index contributed by atoms with van der Waals surface area (Å²) in [5.41, 5.74) is 1.30. The van der Waals surface area contributed by atoms with Gasteiger partial charge in [0.15, 0.2) is 6.23 Å². The predicted molar refractivity (Wildman–Crippen MR) is 91.6 cm³/mol. The summed E-state index contributed by atoms with van der Waals surface area (Å²) in [5.74, 6) is -0.385. The van der Waals surface area contributed by atoms with Gasteiger partial charge >= 0.3 is 5.97 Å². The Hall–Kier alpha value is -1.61. The molecule has 0 radical (unpaired) electrons. The second-order valence-electron chi connectivity index (χ2n) is 5.69. The maximum atomic E-state index is 11.3. The highest BCUT2D eigenvalue weighted by atomic mass is 16.6. The molecule has 2 unspecified atom stereocenters. The SMILES string of the molecule is C=CC(=O)OC(C)NC(CCCCCC)Cc1ccccc1. The fraction of sp³-hybridized carbons (Fsp3) is 0.526. The molecule has 1 aromatic carbocycles. The highest BCUT2D eigenvalue weighted by molar-refractivity contribution is 5.81. The van der Waals surface area contributed by atoms with E-state index in [9.17, 15) is 4.79 Å². The van der Waals surface area contributed by atoms with E-state index < -0.39 is 0 Å². The molecule has 1 aromatic rings. The van der Waals surface area contributed by atoms with Crippen molar-refractivity contribution in [2.75, 3.05) is 0 Å². The van der Waals surface area contributed by atoms with Gasteiger partial charge in [0.1, 0.15) is 0 Å². The Morgan fingerprint density at radius 3 is 2.64 bits per heavy atom. The molecule has 0 bridgehead atoms. The molecule has 1 rings (SSSR count). The number of hydrogen-bond donors (Lipinski definition) is 1. The molecule has 0 amide bonds. The minimum atomic E-state index is -0.385. The molecule has 0 aromatic heterocycles. The van der Waals surface area contributed by atoms with Crippen molar-refractivity contribution in [3.8, 4) is 0 Å². The van der Waals surface area contributed by atoms with Crippen LogP contribution in [0.2, 0.25) is 0 Å². The quantitative estimate of drug-likeness (QED) is 0.288. The van der Waals surface area contributed by atoms with Gasteiger partial charge in [-0.05, 0) is 25.3 Å². The highest BCUT2D eigenvalue weighted by Crippen LogP contribution is 2.12. The van der Waals surface area contributed by atoms with Crippen molar-refractivity contribution in [1.82, 2.24) is 5.32 Å². The summed E-state index contributed by atoms with van der Waals surface area (Å²) in [6.07, 6.45) is 7.90. The van der Waals surface area contributed by atoms with Crippen molar-refractivity contribution in [1.29, 1.82) is 0 Å². The first-order valence-electron chi connectivity index (χ1n) is 8.28. The fourth-order valence-electron chi connectivity index (χ4n) is 2.55. The largest absolute Gasteiger partial charge is 0.444 e. The molecule has 3 heteroatoms. The third-order valence-corrected chi connectivity index (χ3v) is 3.66. The summed E-state index contributed by atoms with van der Waals surface area (Å²) in [6.45, 7) is 7.51. The van der Waals surface area contributed by atoms with Crippen LogP contribution in [0.15, 0.2) is 43.0 Å². The molecule has 3 nitrogen and oxygen atoms in total. The van der Waals surface area contributed by atoms with Crippen LogP contribution in [0.25, 0.3) is 0 Å². The molecular weight excluding hydrogens is 274 g/mol. The first-order chi connectivity index (χ1) is 10.7. The molecular formula is C19H29NO2. The molecule has 22 heavy (non-hydrogen) atoms. The average Bonchev–Trinajstić information content (AvgIpc) is 2.52. The van der Waals surface area contributed by atoms with Crippen LogP contribution < -0.4 is 5.32 Å². The summed E-state index contributed by atoms with van der Waals surface area (Å²) in [4.78, 5) is 11.3. The Labute approximate surface area is 134 Å². The van der Waals surface area contributed by atoms with E-state index in [0.29, 0.717) is 6.04 Å². The van der Waals surface area contributed by atoms with Gasteiger partial charge in [-0.2, -0.15) is 0 Å². The van der Waals surface area contributed by atoms with Crippen molar-refractivity contribution < 1.29 is 9.53 Å². The number of nitrogens with one attached hydrogen (secondary N) is 1. The van der Waals surface area contributed by atoms with Gasteiger partial charge in [0, 0.05) is 12.1 Å². The molecule has 0 heterocycles. The highest BCUT2D eigenvalue weighted by Gasteiger charge is 2.14. The standard InChI is InChI=1S/C19H29NO2/c1-4-6-7-11-14-18(15-17-12-9-8-10-13-17)20-16(3)22-19(21)5-2/h5,8-10,12-13,16,18,20H,2,4,6-7,11,14-15H2,1,3H3. The topological polar surface area (TPSA) is 38.3 Å². The molecule has 0 aliphatic carbocycles. The summed E-state index contributed by atoms with van der Waals surface area (Å²) < 4.78 is 5.23. The third kappa shape index (κ3) is 7.99. The second kappa shape index (κ2) is 11.0. The Bertz CT molecular complexity index is 430. The minimum Gasteiger partial charge on any atom is -0.444 e. The molecule has 1 N–H and O–H groups in total. The Balaban J connectivity index is 2.52. The lowest BCUT2D eigenvalue weighted by Crippen LogP contribution is -2.40. The molecule has 2 atom stereocenters. The number of hydrogen-bond acceptors (Lipinski definition) is 3. The van der Waals surface area contributed by atoms with Gasteiger partial charge in [0.2, 0.25) is 0 Å². The summed E-state index contributed by atoms with van der Waals surface area (Å²) >= 11 is 0. The first-order valence-corrected chi connectivity index (χ1v) is 8.28. The van der Waals surface area contributed by atoms with Gasteiger partial charge in [-0.3, -0.25) is 5.32 Å². The van der Waals surface area contributed by atoms with Gasteiger partial charge in [0.25, 0.3) is 0 Å². The van der Waals surface area contributed by atoms with Gasteiger partial charge in [-0.25, -0.2) is 4.79 Å². The van der Waals surface area contributed by atoms with Crippen LogP contribution in [0.5, 0.6) is 0 Å². The van der Waals surface area contributed by atoms with Crippen molar-refractivity contribution in [2.45, 2.75) is 64.6 Å². The lowest BCUT2D eigenvalue weighted by atomic mass is 10.00. The van der Waals surface area contributed by atoms with Crippen molar-refractivity contribution in [2.24, 2.45) is 0 Å². The summed E-state index contributed by atoms with van der Waals surface area (Å²) in [6, 6.07) is 10.7. The molecule has 122 valence electrons. The minimum absolute atomic E-state index is 0.301. The lowest BCUT2D eigenvalue weighted by Gasteiger charge is -2.23. The van der Waals surface area contributed by atoms with E-state index >= 15 is 0 Å². The van der Waals surface area contributed by atoms with Crippen molar-refractivity contribution in [3.63, 3.8) is 0 Å². The number of ether oxygens (including phenoxy) is 1. The Morgan fingerprint density at radius 2 is 2.00 bits per heavy atom. The predicted octanol–water partition coefficient (Wildman–Crippen LogP) is 4.23. The van der Waals surface area contributed by atoms with Crippen LogP contribution in [-0.4, -0.2) is 18.2 Å². The molecule has 0 aliphatic rings. The van der Waals surface area contributed by atoms with Crippen LogP contribution in [-0.2, 0) is 16.0 Å². The third-order valence-electron chi connectivity index (χ3n) is 3.66. The maximum Gasteiger partial charge on any atom is 0.331 e. The monoisotopic (exact) mass is 303 g/mol. The summed E-state index contributed by atoms with van der Waals surface area (Å²) in [7, 11) is 0. The van der Waals surface area contributed by atoms with Crippen LogP contribution >= 0.6 is 0 Å². The second-order valence-corrected chi connectivity index (χ2v) is 5.69. The van der Waals surface area contributed by atoms with Gasteiger partial charge in [-0.1, -0.05) is 69.5 Å². The van der Waals surface area contributed by atoms with Crippen LogP contribution in [0.1, 0.15) is 51.5 Å². The van der Waals surface area contributed by atoms with Crippen molar-refractivity contribution >= 4 is 5.97 Å². The van der Waals surface area contributed by atoms with Crippen LogP contribution in [0, 0.1) is 0 Å². The number of benzene rings is 1. The first kappa shape index (κ1) is 18.4. The average molecular weight is 303 g/mol. The molecule has 0 aliphatic heterocycles.